The molecule has 1 fully saturated rings. The molecule has 3 aromatic rings. The Morgan fingerprint density at radius 1 is 1.29 bits per heavy atom. The highest BCUT2D eigenvalue weighted by atomic mass is 32.2. The van der Waals surface area contributed by atoms with Gasteiger partial charge in [0.2, 0.25) is 5.91 Å². The molecule has 1 amide bonds. The third kappa shape index (κ3) is 3.77. The number of nitrogens with one attached hydrogen (secondary N) is 1. The number of carbonyl (C=O) groups excluding carboxylic acids is 1. The van der Waals surface area contributed by atoms with Gasteiger partial charge in [0.1, 0.15) is 0 Å². The van der Waals surface area contributed by atoms with Crippen LogP contribution in [0.5, 0.6) is 0 Å². The van der Waals surface area contributed by atoms with E-state index in [1.807, 2.05) is 36.4 Å². The van der Waals surface area contributed by atoms with E-state index in [0.29, 0.717) is 22.5 Å². The summed E-state index contributed by atoms with van der Waals surface area (Å²) in [6.45, 7) is 0. The fraction of sp³-hybridized carbons (Fsp3) is 0.316. The number of fused-ring (bicyclic) bond motifs is 2. The van der Waals surface area contributed by atoms with Crippen molar-refractivity contribution in [1.29, 1.82) is 0 Å². The predicted molar refractivity (Wildman–Crippen MR) is 110 cm³/mol. The Bertz CT molecular complexity index is 1250. The minimum atomic E-state index is -3.04. The summed E-state index contributed by atoms with van der Waals surface area (Å²) in [5.41, 5.74) is 0.423. The van der Waals surface area contributed by atoms with Crippen molar-refractivity contribution >= 4 is 49.2 Å². The van der Waals surface area contributed by atoms with E-state index in [-0.39, 0.29) is 34.8 Å². The third-order valence-electron chi connectivity index (χ3n) is 4.83. The number of sulfone groups is 1. The highest BCUT2D eigenvalue weighted by Crippen LogP contribution is 2.22. The van der Waals surface area contributed by atoms with Crippen LogP contribution in [0.3, 0.4) is 0 Å². The van der Waals surface area contributed by atoms with Crippen LogP contribution in [-0.2, 0) is 21.7 Å². The maximum absolute atomic E-state index is 12.7. The van der Waals surface area contributed by atoms with Crippen LogP contribution in [0.1, 0.15) is 6.42 Å². The molecular formula is C19H19N3O4S2. The average molecular weight is 418 g/mol. The van der Waals surface area contributed by atoms with E-state index in [9.17, 15) is 18.0 Å². The zero-order valence-corrected chi connectivity index (χ0v) is 16.8. The first-order valence-corrected chi connectivity index (χ1v) is 11.7. The molecule has 146 valence electrons. The zero-order valence-electron chi connectivity index (χ0n) is 15.2. The van der Waals surface area contributed by atoms with Crippen LogP contribution in [0.25, 0.3) is 21.7 Å². The number of benzene rings is 2. The van der Waals surface area contributed by atoms with Crippen LogP contribution < -0.4 is 10.9 Å². The topological polar surface area (TPSA) is 98.1 Å². The molecule has 0 saturated carbocycles. The van der Waals surface area contributed by atoms with E-state index in [1.165, 1.54) is 4.57 Å². The Morgan fingerprint density at radius 2 is 2.00 bits per heavy atom. The maximum atomic E-state index is 12.7. The summed E-state index contributed by atoms with van der Waals surface area (Å²) in [4.78, 5) is 29.5. The first kappa shape index (κ1) is 18.9. The fourth-order valence-corrected chi connectivity index (χ4v) is 5.83. The van der Waals surface area contributed by atoms with Gasteiger partial charge in [0.15, 0.2) is 15.0 Å². The van der Waals surface area contributed by atoms with Crippen molar-refractivity contribution in [2.24, 2.45) is 7.05 Å². The van der Waals surface area contributed by atoms with Crippen LogP contribution in [0.2, 0.25) is 0 Å². The highest BCUT2D eigenvalue weighted by Gasteiger charge is 2.28. The fourth-order valence-electron chi connectivity index (χ4n) is 3.38. The van der Waals surface area contributed by atoms with E-state index in [0.717, 1.165) is 22.5 Å². The van der Waals surface area contributed by atoms with Crippen molar-refractivity contribution in [1.82, 2.24) is 14.9 Å². The van der Waals surface area contributed by atoms with Gasteiger partial charge in [-0.15, -0.1) is 0 Å². The molecule has 0 spiro atoms. The Labute approximate surface area is 166 Å². The Balaban J connectivity index is 1.55. The number of amides is 1. The second kappa shape index (κ2) is 7.21. The molecule has 9 heteroatoms. The van der Waals surface area contributed by atoms with E-state index < -0.39 is 9.84 Å². The number of rotatable bonds is 4. The molecule has 0 bridgehead atoms. The normalized spacial score (nSPS) is 18.5. The SMILES string of the molecule is Cn1c(SCC(=O)N[C@@H]2CCS(=O)(=O)C2)nc2cc3ccccc3cc2c1=O. The standard InChI is InChI=1S/C19H19N3O4S2/c1-22-18(24)15-8-12-4-2-3-5-13(12)9-16(15)21-19(22)27-10-17(23)20-14-6-7-28(25,26)11-14/h2-5,8-9,14H,6-7,10-11H2,1H3,(H,20,23)/t14-/m1/s1. The number of hydrogen-bond donors (Lipinski definition) is 1. The molecule has 1 atom stereocenters. The first-order chi connectivity index (χ1) is 13.3. The van der Waals surface area contributed by atoms with Crippen molar-refractivity contribution in [3.8, 4) is 0 Å². The van der Waals surface area contributed by atoms with Gasteiger partial charge in [-0.2, -0.15) is 0 Å². The van der Waals surface area contributed by atoms with Gasteiger partial charge in [0, 0.05) is 13.1 Å². The summed E-state index contributed by atoms with van der Waals surface area (Å²) in [7, 11) is -1.41. The zero-order chi connectivity index (χ0) is 19.9. The van der Waals surface area contributed by atoms with Crippen molar-refractivity contribution in [2.75, 3.05) is 17.3 Å². The third-order valence-corrected chi connectivity index (χ3v) is 7.63. The van der Waals surface area contributed by atoms with Crippen molar-refractivity contribution in [2.45, 2.75) is 17.6 Å². The number of carbonyl (C=O) groups is 1. The smallest absolute Gasteiger partial charge is 0.261 e. The maximum Gasteiger partial charge on any atom is 0.261 e. The van der Waals surface area contributed by atoms with E-state index in [2.05, 4.69) is 10.3 Å². The summed E-state index contributed by atoms with van der Waals surface area (Å²) in [6.07, 6.45) is 0.443. The van der Waals surface area contributed by atoms with E-state index in [4.69, 9.17) is 0 Å². The summed E-state index contributed by atoms with van der Waals surface area (Å²) >= 11 is 1.16. The molecule has 7 nitrogen and oxygen atoms in total. The highest BCUT2D eigenvalue weighted by molar-refractivity contribution is 7.99. The Kier molecular flexibility index (Phi) is 4.88. The lowest BCUT2D eigenvalue weighted by Gasteiger charge is -2.12. The molecule has 1 saturated heterocycles. The largest absolute Gasteiger partial charge is 0.352 e. The molecule has 1 aliphatic heterocycles. The Hall–Kier alpha value is -2.39. The van der Waals surface area contributed by atoms with Gasteiger partial charge in [-0.3, -0.25) is 14.2 Å². The molecule has 1 aliphatic rings. The predicted octanol–water partition coefficient (Wildman–Crippen LogP) is 1.48. The molecule has 2 aromatic carbocycles. The van der Waals surface area contributed by atoms with Crippen LogP contribution in [0.4, 0.5) is 0 Å². The molecule has 2 heterocycles. The monoisotopic (exact) mass is 417 g/mol. The summed E-state index contributed by atoms with van der Waals surface area (Å²) < 4.78 is 24.4. The van der Waals surface area contributed by atoms with Gasteiger partial charge in [-0.05, 0) is 29.3 Å². The van der Waals surface area contributed by atoms with Gasteiger partial charge in [0.25, 0.3) is 5.56 Å². The second-order valence-electron chi connectivity index (χ2n) is 6.93. The summed E-state index contributed by atoms with van der Waals surface area (Å²) in [5.74, 6) is -0.0984. The lowest BCUT2D eigenvalue weighted by molar-refractivity contribution is -0.119. The van der Waals surface area contributed by atoms with Crippen molar-refractivity contribution in [3.63, 3.8) is 0 Å². The molecule has 0 unspecified atom stereocenters. The summed E-state index contributed by atoms with van der Waals surface area (Å²) in [6, 6.07) is 11.1. The molecule has 1 N–H and O–H groups in total. The summed E-state index contributed by atoms with van der Waals surface area (Å²) in [5, 5.41) is 5.69. The van der Waals surface area contributed by atoms with Crippen LogP contribution in [0, 0.1) is 0 Å². The first-order valence-electron chi connectivity index (χ1n) is 8.84. The van der Waals surface area contributed by atoms with Crippen LogP contribution in [-0.4, -0.2) is 47.2 Å². The molecule has 28 heavy (non-hydrogen) atoms. The van der Waals surface area contributed by atoms with Crippen molar-refractivity contribution < 1.29 is 13.2 Å². The lowest BCUT2D eigenvalue weighted by Crippen LogP contribution is -2.36. The molecule has 1 aromatic heterocycles. The van der Waals surface area contributed by atoms with Gasteiger partial charge in [-0.25, -0.2) is 13.4 Å². The Morgan fingerprint density at radius 3 is 2.68 bits per heavy atom. The van der Waals surface area contributed by atoms with Gasteiger partial charge >= 0.3 is 0 Å². The molecule has 4 rings (SSSR count). The van der Waals surface area contributed by atoms with Gasteiger partial charge < -0.3 is 5.32 Å². The van der Waals surface area contributed by atoms with E-state index in [1.54, 1.807) is 7.05 Å². The number of hydrogen-bond acceptors (Lipinski definition) is 6. The molecule has 0 aliphatic carbocycles. The van der Waals surface area contributed by atoms with Crippen molar-refractivity contribution in [3.05, 3.63) is 46.8 Å². The van der Waals surface area contributed by atoms with E-state index >= 15 is 0 Å². The number of aromatic nitrogens is 2. The molecule has 0 radical (unpaired) electrons. The molecular weight excluding hydrogens is 398 g/mol. The number of nitrogens with zero attached hydrogens (tertiary/aromatic N) is 2. The minimum Gasteiger partial charge on any atom is -0.352 e. The minimum absolute atomic E-state index is 0.0107. The lowest BCUT2D eigenvalue weighted by atomic mass is 10.1. The quantitative estimate of drug-likeness (QED) is 0.392. The van der Waals surface area contributed by atoms with Gasteiger partial charge in [0.05, 0.1) is 28.2 Å². The van der Waals surface area contributed by atoms with Crippen LogP contribution >= 0.6 is 11.8 Å². The second-order valence-corrected chi connectivity index (χ2v) is 10.1. The number of thioether (sulfide) groups is 1. The van der Waals surface area contributed by atoms with Crippen LogP contribution in [0.15, 0.2) is 46.3 Å². The average Bonchev–Trinajstić information content (AvgIpc) is 3.00. The van der Waals surface area contributed by atoms with Gasteiger partial charge in [-0.1, -0.05) is 36.0 Å².